The molecular formula is C40H68N8O8. The zero-order valence-electron chi connectivity index (χ0n) is 34.9. The van der Waals surface area contributed by atoms with Crippen molar-refractivity contribution in [3.63, 3.8) is 0 Å². The Morgan fingerprint density at radius 3 is 1.50 bits per heavy atom. The summed E-state index contributed by atoms with van der Waals surface area (Å²) in [5.41, 5.74) is -0.528. The van der Waals surface area contributed by atoms with E-state index in [1.165, 1.54) is 80.4 Å². The lowest BCUT2D eigenvalue weighted by Gasteiger charge is -2.23. The summed E-state index contributed by atoms with van der Waals surface area (Å²) < 4.78 is 16.2. The number of ether oxygens (including phenoxy) is 1. The third-order valence-corrected chi connectivity index (χ3v) is 10.3. The maximum absolute atomic E-state index is 12.4. The van der Waals surface area contributed by atoms with E-state index in [4.69, 9.17) is 13.8 Å². The number of urea groups is 2. The lowest BCUT2D eigenvalue weighted by molar-refractivity contribution is -0.155. The highest BCUT2D eigenvalue weighted by atomic mass is 16.6. The van der Waals surface area contributed by atoms with Crippen LogP contribution in [-0.2, 0) is 27.4 Å². The summed E-state index contributed by atoms with van der Waals surface area (Å²) in [5.74, 6) is 1.55. The molecule has 56 heavy (non-hydrogen) atoms. The highest BCUT2D eigenvalue weighted by Crippen LogP contribution is 2.33. The molecule has 0 unspecified atom stereocenters. The minimum atomic E-state index is -0.867. The van der Waals surface area contributed by atoms with Crippen LogP contribution in [0.25, 0.3) is 0 Å². The summed E-state index contributed by atoms with van der Waals surface area (Å²) in [5, 5.41) is 22.4. The molecule has 2 aliphatic carbocycles. The molecule has 0 aliphatic heterocycles. The molecular weight excluding hydrogens is 720 g/mol. The van der Waals surface area contributed by atoms with Crippen molar-refractivity contribution in [2.24, 2.45) is 11.8 Å². The Hall–Kier alpha value is -4.24. The van der Waals surface area contributed by atoms with Crippen molar-refractivity contribution in [3.05, 3.63) is 23.4 Å². The van der Waals surface area contributed by atoms with Crippen LogP contribution in [0.5, 0.6) is 0 Å². The van der Waals surface area contributed by atoms with Crippen LogP contribution in [0.15, 0.2) is 9.05 Å². The first-order valence-electron chi connectivity index (χ1n) is 20.6. The number of carboxylic acid groups (broad SMARTS) is 1. The molecule has 2 saturated carbocycles. The van der Waals surface area contributed by atoms with Crippen molar-refractivity contribution < 1.29 is 38.1 Å². The quantitative estimate of drug-likeness (QED) is 0.125. The number of rotatable bonds is 18. The minimum absolute atomic E-state index is 0.0175. The average molecular weight is 789 g/mol. The molecule has 0 bridgehead atoms. The van der Waals surface area contributed by atoms with Gasteiger partial charge in [0.25, 0.3) is 0 Å². The number of nitrogens with one attached hydrogen (secondary N) is 2. The van der Waals surface area contributed by atoms with Crippen LogP contribution < -0.4 is 10.6 Å². The normalized spacial score (nSPS) is 16.2. The van der Waals surface area contributed by atoms with Crippen LogP contribution >= 0.6 is 0 Å². The number of nitrogens with zero attached hydrogens (tertiary/aromatic N) is 6. The van der Waals surface area contributed by atoms with Gasteiger partial charge in [-0.2, -0.15) is 9.97 Å². The molecule has 3 N–H and O–H groups in total. The van der Waals surface area contributed by atoms with Crippen LogP contribution in [-0.4, -0.2) is 93.0 Å². The average Bonchev–Trinajstić information content (AvgIpc) is 3.82. The molecule has 0 aromatic carbocycles. The van der Waals surface area contributed by atoms with Gasteiger partial charge in [-0.15, -0.1) is 0 Å². The molecule has 0 spiro atoms. The van der Waals surface area contributed by atoms with Crippen molar-refractivity contribution in [2.45, 2.75) is 167 Å². The molecule has 316 valence electrons. The van der Waals surface area contributed by atoms with Gasteiger partial charge in [0.1, 0.15) is 5.60 Å². The summed E-state index contributed by atoms with van der Waals surface area (Å²) in [6.45, 7) is 5.92. The zero-order valence-corrected chi connectivity index (χ0v) is 34.9. The summed E-state index contributed by atoms with van der Waals surface area (Å²) in [6.07, 6.45) is 19.2. The lowest BCUT2D eigenvalue weighted by atomic mass is 9.84. The highest BCUT2D eigenvalue weighted by molar-refractivity contribution is 5.73. The van der Waals surface area contributed by atoms with Crippen molar-refractivity contribution in [3.8, 4) is 0 Å². The molecule has 0 radical (unpaired) electrons. The number of esters is 1. The molecule has 2 heterocycles. The second-order valence-corrected chi connectivity index (χ2v) is 16.9. The largest absolute Gasteiger partial charge is 0.481 e. The van der Waals surface area contributed by atoms with E-state index < -0.39 is 11.6 Å². The van der Waals surface area contributed by atoms with E-state index >= 15 is 0 Å². The summed E-state index contributed by atoms with van der Waals surface area (Å²) >= 11 is 0. The predicted molar refractivity (Wildman–Crippen MR) is 209 cm³/mol. The molecule has 2 aromatic rings. The fourth-order valence-corrected chi connectivity index (χ4v) is 7.31. The van der Waals surface area contributed by atoms with Gasteiger partial charge >= 0.3 is 24.0 Å². The first kappa shape index (κ1) is 46.1. The Bertz CT molecular complexity index is 1470. The fraction of sp³-hybridized carbons (Fsp3) is 0.800. The number of aliphatic carboxylic acids is 1. The summed E-state index contributed by atoms with van der Waals surface area (Å²) in [4.78, 5) is 58.4. The van der Waals surface area contributed by atoms with E-state index in [1.807, 2.05) is 20.8 Å². The molecule has 2 fully saturated rings. The van der Waals surface area contributed by atoms with E-state index in [0.29, 0.717) is 23.4 Å². The van der Waals surface area contributed by atoms with E-state index in [2.05, 4.69) is 30.9 Å². The molecule has 2 atom stereocenters. The molecule has 4 amide bonds. The number of hydrogen-bond donors (Lipinski definition) is 3. The minimum Gasteiger partial charge on any atom is -0.481 e. The first-order valence-corrected chi connectivity index (χ1v) is 20.6. The number of carbonyl (C=O) groups excluding carboxylic acids is 3. The second kappa shape index (κ2) is 23.7. The zero-order chi connectivity index (χ0) is 41.1. The molecule has 16 nitrogen and oxygen atoms in total. The van der Waals surface area contributed by atoms with Gasteiger partial charge < -0.3 is 39.3 Å². The van der Waals surface area contributed by atoms with E-state index in [-0.39, 0.29) is 55.8 Å². The molecule has 2 aliphatic rings. The van der Waals surface area contributed by atoms with Crippen LogP contribution in [0.2, 0.25) is 0 Å². The number of carboxylic acids is 1. The van der Waals surface area contributed by atoms with Gasteiger partial charge in [0.2, 0.25) is 11.8 Å². The lowest BCUT2D eigenvalue weighted by Crippen LogP contribution is -2.34. The first-order chi connectivity index (χ1) is 26.6. The number of aromatic nitrogens is 4. The Balaban J connectivity index is 0.000000303. The molecule has 16 heteroatoms. The maximum Gasteiger partial charge on any atom is 0.317 e. The second-order valence-electron chi connectivity index (χ2n) is 16.9. The van der Waals surface area contributed by atoms with E-state index in [0.717, 1.165) is 43.9 Å². The van der Waals surface area contributed by atoms with Crippen molar-refractivity contribution >= 4 is 24.0 Å². The monoisotopic (exact) mass is 789 g/mol. The van der Waals surface area contributed by atoms with Crippen molar-refractivity contribution in [1.29, 1.82) is 0 Å². The van der Waals surface area contributed by atoms with Crippen molar-refractivity contribution in [1.82, 2.24) is 40.7 Å². The Kier molecular flexibility index (Phi) is 19.6. The Labute approximate surface area is 332 Å². The smallest absolute Gasteiger partial charge is 0.317 e. The van der Waals surface area contributed by atoms with Crippen LogP contribution in [0, 0.1) is 11.8 Å². The van der Waals surface area contributed by atoms with E-state index in [9.17, 15) is 24.3 Å². The topological polar surface area (TPSA) is 206 Å². The van der Waals surface area contributed by atoms with Crippen molar-refractivity contribution in [2.75, 3.05) is 28.2 Å². The third-order valence-electron chi connectivity index (χ3n) is 10.3. The molecule has 0 saturated heterocycles. The van der Waals surface area contributed by atoms with Gasteiger partial charge in [0.15, 0.2) is 11.6 Å². The van der Waals surface area contributed by atoms with Crippen LogP contribution in [0.4, 0.5) is 9.59 Å². The summed E-state index contributed by atoms with van der Waals surface area (Å²) in [6, 6.07) is -0.468. The standard InChI is InChI=1S/C22H38N4O4.C18H30N4O4/c1-22(2,3)29-19(27)14-17(13-9-12-16-10-7-6-8-11-16)20-24-18(25-30-20)15-23-21(28)26(4)5;1-22(2)18(25)19-12-15-20-17(26-21-15)14(11-16(23)24)10-6-9-13-7-4-3-5-8-13/h16-17H,6-15H2,1-5H3,(H,23,28);13-14H,3-12H2,1-2H3,(H,19,25)(H,23,24)/t17-;14-/m11/s1. The molecule has 2 aromatic heterocycles. The maximum atomic E-state index is 12.4. The summed E-state index contributed by atoms with van der Waals surface area (Å²) in [7, 11) is 6.62. The predicted octanol–water partition coefficient (Wildman–Crippen LogP) is 7.56. The van der Waals surface area contributed by atoms with Gasteiger partial charge in [0.05, 0.1) is 25.9 Å². The fourth-order valence-electron chi connectivity index (χ4n) is 7.31. The Morgan fingerprint density at radius 2 is 1.12 bits per heavy atom. The SMILES string of the molecule is CN(C)C(=O)NCc1noc([C@H](CCCC2CCCCC2)CC(=O)O)n1.CN(C)C(=O)NCc1noc([C@H](CCCC2CCCCC2)CC(=O)OC(C)(C)C)n1. The number of hydrogen-bond acceptors (Lipinski definition) is 11. The van der Waals surface area contributed by atoms with Crippen LogP contribution in [0.1, 0.15) is 172 Å². The number of carbonyl (C=O) groups is 4. The third kappa shape index (κ3) is 18.1. The highest BCUT2D eigenvalue weighted by Gasteiger charge is 2.27. The molecule has 4 rings (SSSR count). The van der Waals surface area contributed by atoms with E-state index in [1.54, 1.807) is 28.2 Å². The number of amides is 4. The van der Waals surface area contributed by atoms with Gasteiger partial charge in [-0.05, 0) is 45.4 Å². The van der Waals surface area contributed by atoms with Gasteiger partial charge in [-0.1, -0.05) is 100 Å². The van der Waals surface area contributed by atoms with Gasteiger partial charge in [-0.25, -0.2) is 9.59 Å². The Morgan fingerprint density at radius 1 is 0.714 bits per heavy atom. The van der Waals surface area contributed by atoms with Crippen LogP contribution in [0.3, 0.4) is 0 Å². The van der Waals surface area contributed by atoms with Gasteiger partial charge in [-0.3, -0.25) is 9.59 Å². The van der Waals surface area contributed by atoms with Gasteiger partial charge in [0, 0.05) is 40.0 Å².